The normalized spacial score (nSPS) is 10.5. The number of aromatic nitrogens is 2. The fourth-order valence-electron chi connectivity index (χ4n) is 1.31. The van der Waals surface area contributed by atoms with Crippen LogP contribution >= 0.6 is 11.6 Å². The maximum atomic E-state index is 13.5. The van der Waals surface area contributed by atoms with Gasteiger partial charge in [-0.3, -0.25) is 4.68 Å². The van der Waals surface area contributed by atoms with E-state index in [1.165, 1.54) is 12.3 Å². The van der Waals surface area contributed by atoms with Crippen molar-refractivity contribution in [3.8, 4) is 0 Å². The van der Waals surface area contributed by atoms with E-state index in [1.807, 2.05) is 0 Å². The molecule has 2 aromatic rings. The van der Waals surface area contributed by atoms with E-state index in [2.05, 4.69) is 5.10 Å². The molecule has 2 N–H and O–H groups in total. The van der Waals surface area contributed by atoms with Crippen molar-refractivity contribution in [2.24, 2.45) is 0 Å². The summed E-state index contributed by atoms with van der Waals surface area (Å²) >= 11 is 5.66. The minimum absolute atomic E-state index is 0.118. The number of nitrogens with zero attached hydrogens (tertiary/aromatic N) is 2. The predicted octanol–water partition coefficient (Wildman–Crippen LogP) is 2.31. The minimum atomic E-state index is -0.409. The van der Waals surface area contributed by atoms with Gasteiger partial charge in [0.15, 0.2) is 0 Å². The zero-order valence-electron chi connectivity index (χ0n) is 7.82. The van der Waals surface area contributed by atoms with Crippen LogP contribution in [0.4, 0.5) is 10.1 Å². The van der Waals surface area contributed by atoms with E-state index in [9.17, 15) is 4.39 Å². The standard InChI is InChI=1S/C10H9ClFN3/c11-9-3-1-2-7(10(9)12)5-15-6-8(13)4-14-15/h1-4,6H,5,13H2. The van der Waals surface area contributed by atoms with Gasteiger partial charge in [0.1, 0.15) is 5.82 Å². The third kappa shape index (κ3) is 2.10. The van der Waals surface area contributed by atoms with Crippen LogP contribution in [0, 0.1) is 5.82 Å². The summed E-state index contributed by atoms with van der Waals surface area (Å²) in [5.74, 6) is -0.409. The largest absolute Gasteiger partial charge is 0.396 e. The lowest BCUT2D eigenvalue weighted by molar-refractivity contribution is 0.585. The number of nitrogen functional groups attached to an aromatic ring is 1. The van der Waals surface area contributed by atoms with E-state index >= 15 is 0 Å². The van der Waals surface area contributed by atoms with Gasteiger partial charge in [0.2, 0.25) is 0 Å². The molecule has 0 aliphatic rings. The van der Waals surface area contributed by atoms with Gasteiger partial charge < -0.3 is 5.73 Å². The molecule has 3 nitrogen and oxygen atoms in total. The predicted molar refractivity (Wildman–Crippen MR) is 57.2 cm³/mol. The Morgan fingerprint density at radius 3 is 2.93 bits per heavy atom. The molecule has 0 saturated carbocycles. The Morgan fingerprint density at radius 1 is 1.47 bits per heavy atom. The lowest BCUT2D eigenvalue weighted by Gasteiger charge is -2.04. The highest BCUT2D eigenvalue weighted by molar-refractivity contribution is 6.30. The fourth-order valence-corrected chi connectivity index (χ4v) is 1.51. The van der Waals surface area contributed by atoms with Crippen LogP contribution in [-0.4, -0.2) is 9.78 Å². The fraction of sp³-hybridized carbons (Fsp3) is 0.100. The molecule has 0 atom stereocenters. The van der Waals surface area contributed by atoms with Crippen molar-refractivity contribution in [2.75, 3.05) is 5.73 Å². The summed E-state index contributed by atoms with van der Waals surface area (Å²) in [5, 5.41) is 4.08. The summed E-state index contributed by atoms with van der Waals surface area (Å²) in [6.07, 6.45) is 3.16. The van der Waals surface area contributed by atoms with Crippen LogP contribution in [0.1, 0.15) is 5.56 Å². The molecule has 0 spiro atoms. The van der Waals surface area contributed by atoms with E-state index < -0.39 is 5.82 Å². The topological polar surface area (TPSA) is 43.8 Å². The molecule has 78 valence electrons. The third-order valence-corrected chi connectivity index (χ3v) is 2.31. The van der Waals surface area contributed by atoms with Crippen molar-refractivity contribution in [2.45, 2.75) is 6.54 Å². The Kier molecular flexibility index (Phi) is 2.60. The first-order chi connectivity index (χ1) is 7.16. The molecule has 0 fully saturated rings. The first-order valence-electron chi connectivity index (χ1n) is 4.37. The van der Waals surface area contributed by atoms with Crippen molar-refractivity contribution in [3.63, 3.8) is 0 Å². The van der Waals surface area contributed by atoms with Crippen LogP contribution in [0.25, 0.3) is 0 Å². The van der Waals surface area contributed by atoms with Gasteiger partial charge >= 0.3 is 0 Å². The van der Waals surface area contributed by atoms with Crippen molar-refractivity contribution < 1.29 is 4.39 Å². The van der Waals surface area contributed by atoms with Gasteiger partial charge in [0.05, 0.1) is 23.5 Å². The van der Waals surface area contributed by atoms with Crippen molar-refractivity contribution in [1.82, 2.24) is 9.78 Å². The van der Waals surface area contributed by atoms with E-state index in [1.54, 1.807) is 23.0 Å². The Balaban J connectivity index is 2.28. The molecular weight excluding hydrogens is 217 g/mol. The molecule has 1 aromatic carbocycles. The van der Waals surface area contributed by atoms with Crippen molar-refractivity contribution >= 4 is 17.3 Å². The van der Waals surface area contributed by atoms with Crippen LogP contribution < -0.4 is 5.73 Å². The SMILES string of the molecule is Nc1cnn(Cc2cccc(Cl)c2F)c1. The number of halogens is 2. The van der Waals surface area contributed by atoms with Gasteiger partial charge in [0.25, 0.3) is 0 Å². The van der Waals surface area contributed by atoms with Gasteiger partial charge in [-0.2, -0.15) is 5.10 Å². The Morgan fingerprint density at radius 2 is 2.27 bits per heavy atom. The molecule has 2 rings (SSSR count). The Bertz CT molecular complexity index is 481. The molecule has 1 heterocycles. The first kappa shape index (κ1) is 9.98. The maximum Gasteiger partial charge on any atom is 0.146 e. The summed E-state index contributed by atoms with van der Waals surface area (Å²) in [5.41, 5.74) is 6.54. The molecule has 5 heteroatoms. The molecular formula is C10H9ClFN3. The zero-order valence-corrected chi connectivity index (χ0v) is 8.58. The summed E-state index contributed by atoms with van der Waals surface area (Å²) in [6, 6.07) is 4.88. The van der Waals surface area contributed by atoms with Gasteiger partial charge in [-0.15, -0.1) is 0 Å². The van der Waals surface area contributed by atoms with E-state index in [4.69, 9.17) is 17.3 Å². The lowest BCUT2D eigenvalue weighted by Crippen LogP contribution is -2.02. The summed E-state index contributed by atoms with van der Waals surface area (Å²) < 4.78 is 15.0. The molecule has 0 bridgehead atoms. The first-order valence-corrected chi connectivity index (χ1v) is 4.75. The zero-order chi connectivity index (χ0) is 10.8. The van der Waals surface area contributed by atoms with Crippen LogP contribution in [0.5, 0.6) is 0 Å². The average molecular weight is 226 g/mol. The van der Waals surface area contributed by atoms with E-state index in [0.29, 0.717) is 17.8 Å². The number of hydrogen-bond acceptors (Lipinski definition) is 2. The Hall–Kier alpha value is -1.55. The minimum Gasteiger partial charge on any atom is -0.396 e. The van der Waals surface area contributed by atoms with E-state index in [-0.39, 0.29) is 5.02 Å². The summed E-state index contributed by atoms with van der Waals surface area (Å²) in [6.45, 7) is 0.323. The number of anilines is 1. The number of nitrogens with two attached hydrogens (primary N) is 1. The average Bonchev–Trinajstić information content (AvgIpc) is 2.59. The smallest absolute Gasteiger partial charge is 0.146 e. The van der Waals surface area contributed by atoms with Crippen LogP contribution in [0.3, 0.4) is 0 Å². The summed E-state index contributed by atoms with van der Waals surface area (Å²) in [7, 11) is 0. The summed E-state index contributed by atoms with van der Waals surface area (Å²) in [4.78, 5) is 0. The second-order valence-corrected chi connectivity index (χ2v) is 3.59. The number of hydrogen-bond donors (Lipinski definition) is 1. The molecule has 0 aliphatic carbocycles. The second-order valence-electron chi connectivity index (χ2n) is 3.18. The van der Waals surface area contributed by atoms with Gasteiger partial charge in [-0.05, 0) is 6.07 Å². The van der Waals surface area contributed by atoms with Crippen molar-refractivity contribution in [1.29, 1.82) is 0 Å². The third-order valence-electron chi connectivity index (χ3n) is 2.02. The van der Waals surface area contributed by atoms with E-state index in [0.717, 1.165) is 0 Å². The van der Waals surface area contributed by atoms with Gasteiger partial charge in [-0.1, -0.05) is 23.7 Å². The Labute approximate surface area is 91.3 Å². The quantitative estimate of drug-likeness (QED) is 0.853. The lowest BCUT2D eigenvalue weighted by atomic mass is 10.2. The second kappa shape index (κ2) is 3.90. The van der Waals surface area contributed by atoms with Gasteiger partial charge in [0, 0.05) is 11.8 Å². The molecule has 15 heavy (non-hydrogen) atoms. The highest BCUT2D eigenvalue weighted by Crippen LogP contribution is 2.18. The number of benzene rings is 1. The highest BCUT2D eigenvalue weighted by atomic mass is 35.5. The maximum absolute atomic E-state index is 13.5. The molecule has 0 aliphatic heterocycles. The van der Waals surface area contributed by atoms with Crippen LogP contribution in [0.15, 0.2) is 30.6 Å². The molecule has 1 aromatic heterocycles. The molecule has 0 amide bonds. The molecule has 0 saturated heterocycles. The van der Waals surface area contributed by atoms with Crippen LogP contribution in [0.2, 0.25) is 5.02 Å². The molecule has 0 unspecified atom stereocenters. The number of rotatable bonds is 2. The monoisotopic (exact) mass is 225 g/mol. The molecule has 0 radical (unpaired) electrons. The highest BCUT2D eigenvalue weighted by Gasteiger charge is 2.06. The van der Waals surface area contributed by atoms with Crippen molar-refractivity contribution in [3.05, 3.63) is 47.0 Å². The van der Waals surface area contributed by atoms with Crippen LogP contribution in [-0.2, 0) is 6.54 Å². The van der Waals surface area contributed by atoms with Gasteiger partial charge in [-0.25, -0.2) is 4.39 Å².